The zero-order chi connectivity index (χ0) is 21.5. The topological polar surface area (TPSA) is 83.4 Å². The molecule has 32 heavy (non-hydrogen) atoms. The number of rotatable bonds is 2. The van der Waals surface area contributed by atoms with Crippen molar-refractivity contribution in [2.45, 2.75) is 6.54 Å². The molecule has 0 saturated carbocycles. The van der Waals surface area contributed by atoms with Gasteiger partial charge in [0, 0.05) is 34.2 Å². The molecule has 0 fully saturated rings. The van der Waals surface area contributed by atoms with Crippen LogP contribution >= 0.6 is 0 Å². The molecule has 0 unspecified atom stereocenters. The van der Waals surface area contributed by atoms with Crippen LogP contribution in [0.5, 0.6) is 0 Å². The van der Waals surface area contributed by atoms with Crippen molar-refractivity contribution in [2.75, 3.05) is 0 Å². The maximum atomic E-state index is 5.78. The van der Waals surface area contributed by atoms with E-state index in [0.717, 1.165) is 61.5 Å². The van der Waals surface area contributed by atoms with Crippen molar-refractivity contribution in [1.29, 1.82) is 0 Å². The third-order valence-corrected chi connectivity index (χ3v) is 5.67. The van der Waals surface area contributed by atoms with Crippen molar-refractivity contribution in [2.24, 2.45) is 5.73 Å². The quantitative estimate of drug-likeness (QED) is 0.335. The number of fused-ring (bicyclic) bond motifs is 8. The van der Waals surface area contributed by atoms with E-state index in [9.17, 15) is 0 Å². The molecule has 3 aromatic heterocycles. The van der Waals surface area contributed by atoms with E-state index in [1.54, 1.807) is 0 Å². The molecule has 0 aliphatic carbocycles. The number of H-pyrrole nitrogens is 2. The summed E-state index contributed by atoms with van der Waals surface area (Å²) in [5.41, 5.74) is 16.8. The molecule has 5 heteroatoms. The highest BCUT2D eigenvalue weighted by molar-refractivity contribution is 5.87. The standard InChI is InChI=1S/C27H21N5/c28-16-17-1-3-18(4-2-17)26-14-25-13-23-8-7-21(30-23)11-19-5-6-20(29-19)12-22-9-10-24(31-22)15-27(26)32-25/h1-15,29,32H,16,28H2. The van der Waals surface area contributed by atoms with E-state index in [1.807, 2.05) is 36.4 Å². The van der Waals surface area contributed by atoms with Gasteiger partial charge in [0.25, 0.3) is 0 Å². The summed E-state index contributed by atoms with van der Waals surface area (Å²) < 4.78 is 0. The van der Waals surface area contributed by atoms with Gasteiger partial charge in [0.2, 0.25) is 0 Å². The van der Waals surface area contributed by atoms with Crippen molar-refractivity contribution in [3.63, 3.8) is 0 Å². The van der Waals surface area contributed by atoms with Gasteiger partial charge in [-0.25, -0.2) is 9.97 Å². The predicted molar refractivity (Wildman–Crippen MR) is 132 cm³/mol. The number of hydrogen-bond acceptors (Lipinski definition) is 3. The van der Waals surface area contributed by atoms with Gasteiger partial charge in [0.05, 0.1) is 22.8 Å². The molecule has 5 nitrogen and oxygen atoms in total. The highest BCUT2D eigenvalue weighted by Crippen LogP contribution is 2.28. The van der Waals surface area contributed by atoms with Crippen LogP contribution in [0.15, 0.2) is 66.7 Å². The van der Waals surface area contributed by atoms with Crippen molar-refractivity contribution >= 4 is 46.4 Å². The molecular formula is C27H21N5. The van der Waals surface area contributed by atoms with Crippen LogP contribution in [-0.4, -0.2) is 19.9 Å². The van der Waals surface area contributed by atoms with E-state index < -0.39 is 0 Å². The molecule has 4 N–H and O–H groups in total. The summed E-state index contributed by atoms with van der Waals surface area (Å²) in [6.07, 6.45) is 8.13. The molecule has 4 aromatic rings. The summed E-state index contributed by atoms with van der Waals surface area (Å²) in [6, 6.07) is 22.9. The summed E-state index contributed by atoms with van der Waals surface area (Å²) in [5, 5.41) is 0. The number of aromatic nitrogens is 4. The first-order valence-electron chi connectivity index (χ1n) is 10.6. The first-order chi connectivity index (χ1) is 15.7. The van der Waals surface area contributed by atoms with Gasteiger partial charge in [-0.05, 0) is 77.9 Å². The van der Waals surface area contributed by atoms with E-state index >= 15 is 0 Å². The Balaban J connectivity index is 1.64. The van der Waals surface area contributed by atoms with Gasteiger partial charge in [-0.2, -0.15) is 0 Å². The average Bonchev–Trinajstić information content (AvgIpc) is 3.59. The first-order valence-corrected chi connectivity index (χ1v) is 10.6. The fourth-order valence-corrected chi connectivity index (χ4v) is 4.08. The van der Waals surface area contributed by atoms with Crippen molar-refractivity contribution in [3.05, 3.63) is 95.1 Å². The Morgan fingerprint density at radius 2 is 1.16 bits per heavy atom. The van der Waals surface area contributed by atoms with Crippen LogP contribution in [0.3, 0.4) is 0 Å². The minimum atomic E-state index is 0.534. The minimum absolute atomic E-state index is 0.534. The highest BCUT2D eigenvalue weighted by Gasteiger charge is 2.07. The van der Waals surface area contributed by atoms with E-state index in [2.05, 4.69) is 64.6 Å². The number of nitrogens with one attached hydrogen (secondary N) is 2. The molecule has 0 saturated heterocycles. The van der Waals surface area contributed by atoms with Crippen LogP contribution in [0.4, 0.5) is 0 Å². The molecule has 154 valence electrons. The molecular weight excluding hydrogens is 394 g/mol. The molecule has 0 spiro atoms. The summed E-state index contributed by atoms with van der Waals surface area (Å²) in [7, 11) is 0. The Morgan fingerprint density at radius 3 is 1.75 bits per heavy atom. The Kier molecular flexibility index (Phi) is 4.33. The van der Waals surface area contributed by atoms with Crippen molar-refractivity contribution < 1.29 is 0 Å². The second kappa shape index (κ2) is 7.48. The Bertz CT molecular complexity index is 1550. The third kappa shape index (κ3) is 3.55. The van der Waals surface area contributed by atoms with Crippen molar-refractivity contribution in [1.82, 2.24) is 19.9 Å². The second-order valence-corrected chi connectivity index (χ2v) is 7.99. The van der Waals surface area contributed by atoms with Crippen molar-refractivity contribution in [3.8, 4) is 11.1 Å². The number of aromatic amines is 2. The maximum Gasteiger partial charge on any atom is 0.0658 e. The molecule has 2 aliphatic heterocycles. The largest absolute Gasteiger partial charge is 0.355 e. The van der Waals surface area contributed by atoms with Gasteiger partial charge in [-0.1, -0.05) is 24.3 Å². The van der Waals surface area contributed by atoms with Gasteiger partial charge in [-0.15, -0.1) is 0 Å². The Labute approximate surface area is 185 Å². The monoisotopic (exact) mass is 415 g/mol. The van der Waals surface area contributed by atoms with Crippen LogP contribution in [0.1, 0.15) is 28.3 Å². The lowest BCUT2D eigenvalue weighted by molar-refractivity contribution is 1.07. The number of hydrogen-bond donors (Lipinski definition) is 3. The summed E-state index contributed by atoms with van der Waals surface area (Å²) in [4.78, 5) is 16.5. The van der Waals surface area contributed by atoms with Crippen LogP contribution in [-0.2, 0) is 6.54 Å². The first kappa shape index (κ1) is 18.5. The SMILES string of the molecule is NCc1ccc(-c2cc3cc4nc(cc5ccc(cc6nc(cc2[nH]3)C=C6)[nH]5)C=C4)cc1. The van der Waals surface area contributed by atoms with Gasteiger partial charge in [-0.3, -0.25) is 0 Å². The minimum Gasteiger partial charge on any atom is -0.355 e. The van der Waals surface area contributed by atoms with Crippen LogP contribution < -0.4 is 5.73 Å². The lowest BCUT2D eigenvalue weighted by atomic mass is 10.0. The van der Waals surface area contributed by atoms with Crippen LogP contribution in [0.2, 0.25) is 0 Å². The van der Waals surface area contributed by atoms with E-state index in [1.165, 1.54) is 0 Å². The molecule has 8 bridgehead atoms. The van der Waals surface area contributed by atoms with E-state index in [4.69, 9.17) is 15.7 Å². The summed E-state index contributed by atoms with van der Waals surface area (Å²) in [6.45, 7) is 0.534. The molecule has 0 amide bonds. The van der Waals surface area contributed by atoms with E-state index in [-0.39, 0.29) is 0 Å². The average molecular weight is 416 g/mol. The molecule has 6 rings (SSSR count). The number of benzene rings is 1. The smallest absolute Gasteiger partial charge is 0.0658 e. The zero-order valence-electron chi connectivity index (χ0n) is 17.3. The van der Waals surface area contributed by atoms with Gasteiger partial charge < -0.3 is 15.7 Å². The normalized spacial score (nSPS) is 12.4. The van der Waals surface area contributed by atoms with Gasteiger partial charge in [0.1, 0.15) is 0 Å². The lowest BCUT2D eigenvalue weighted by Crippen LogP contribution is -1.95. The highest BCUT2D eigenvalue weighted by atomic mass is 14.8. The summed E-state index contributed by atoms with van der Waals surface area (Å²) >= 11 is 0. The molecule has 0 radical (unpaired) electrons. The fraction of sp³-hybridized carbons (Fsp3) is 0.0370. The molecule has 2 aliphatic rings. The predicted octanol–water partition coefficient (Wildman–Crippen LogP) is 5.78. The molecule has 0 atom stereocenters. The van der Waals surface area contributed by atoms with Crippen LogP contribution in [0, 0.1) is 0 Å². The third-order valence-electron chi connectivity index (χ3n) is 5.67. The fourth-order valence-electron chi connectivity index (χ4n) is 4.08. The zero-order valence-corrected chi connectivity index (χ0v) is 17.3. The molecule has 1 aromatic carbocycles. The summed E-state index contributed by atoms with van der Waals surface area (Å²) in [5.74, 6) is 0. The van der Waals surface area contributed by atoms with Gasteiger partial charge >= 0.3 is 0 Å². The second-order valence-electron chi connectivity index (χ2n) is 7.99. The molecule has 5 heterocycles. The van der Waals surface area contributed by atoms with Gasteiger partial charge in [0.15, 0.2) is 0 Å². The number of nitrogens with zero attached hydrogens (tertiary/aromatic N) is 2. The maximum absolute atomic E-state index is 5.78. The Morgan fingerprint density at radius 1 is 0.594 bits per heavy atom. The van der Waals surface area contributed by atoms with E-state index in [0.29, 0.717) is 6.54 Å². The number of nitrogens with two attached hydrogens (primary N) is 1. The lowest BCUT2D eigenvalue weighted by Gasteiger charge is -2.01. The Hall–Kier alpha value is -4.22. The van der Waals surface area contributed by atoms with Crippen LogP contribution in [0.25, 0.3) is 57.5 Å².